The summed E-state index contributed by atoms with van der Waals surface area (Å²) in [5.74, 6) is 0.386. The average molecular weight is 338 g/mol. The van der Waals surface area contributed by atoms with Gasteiger partial charge in [0.15, 0.2) is 5.79 Å². The Labute approximate surface area is 142 Å². The molecule has 0 saturated carbocycles. The van der Waals surface area contributed by atoms with Crippen molar-refractivity contribution < 1.29 is 18.9 Å². The van der Waals surface area contributed by atoms with Crippen molar-refractivity contribution in [3.05, 3.63) is 35.9 Å². The smallest absolute Gasteiger partial charge is 0.164 e. The quantitative estimate of drug-likeness (QED) is 0.820. The van der Waals surface area contributed by atoms with E-state index in [4.69, 9.17) is 18.9 Å². The maximum absolute atomic E-state index is 6.24. The molecular formula is C18H26O4S. The van der Waals surface area contributed by atoms with E-state index in [2.05, 4.69) is 26.0 Å². The highest BCUT2D eigenvalue weighted by atomic mass is 32.2. The Balaban J connectivity index is 1.75. The first-order chi connectivity index (χ1) is 11.0. The molecule has 4 nitrogen and oxygen atoms in total. The van der Waals surface area contributed by atoms with E-state index in [0.717, 1.165) is 11.3 Å². The zero-order valence-corrected chi connectivity index (χ0v) is 15.0. The minimum Gasteiger partial charge on any atom is -0.367 e. The van der Waals surface area contributed by atoms with Crippen LogP contribution >= 0.6 is 11.8 Å². The topological polar surface area (TPSA) is 36.9 Å². The van der Waals surface area contributed by atoms with Crippen molar-refractivity contribution in [3.63, 3.8) is 0 Å². The molecule has 128 valence electrons. The second-order valence-corrected chi connectivity index (χ2v) is 7.87. The second-order valence-electron chi connectivity index (χ2n) is 6.49. The van der Waals surface area contributed by atoms with Crippen LogP contribution in [0, 0.1) is 0 Å². The van der Waals surface area contributed by atoms with Crippen LogP contribution in [0.2, 0.25) is 0 Å². The molecule has 0 unspecified atom stereocenters. The van der Waals surface area contributed by atoms with Gasteiger partial charge in [0, 0.05) is 0 Å². The fourth-order valence-electron chi connectivity index (χ4n) is 3.19. The first kappa shape index (κ1) is 17.2. The highest BCUT2D eigenvalue weighted by Crippen LogP contribution is 2.41. The van der Waals surface area contributed by atoms with Gasteiger partial charge in [0.2, 0.25) is 0 Å². The van der Waals surface area contributed by atoms with E-state index in [0.29, 0.717) is 6.61 Å². The Morgan fingerprint density at radius 3 is 2.52 bits per heavy atom. The van der Waals surface area contributed by atoms with Gasteiger partial charge in [-0.3, -0.25) is 0 Å². The SMILES string of the molecule is CCS[C@@H]1O[C@H](C)[C@@H]2OC(C)(C)O[C@@H]2[C@H]1OCc1ccccc1. The van der Waals surface area contributed by atoms with Crippen molar-refractivity contribution in [3.8, 4) is 0 Å². The number of fused-ring (bicyclic) bond motifs is 1. The van der Waals surface area contributed by atoms with E-state index in [1.54, 1.807) is 11.8 Å². The fraction of sp³-hybridized carbons (Fsp3) is 0.667. The number of ether oxygens (including phenoxy) is 4. The van der Waals surface area contributed by atoms with Crippen molar-refractivity contribution in [1.82, 2.24) is 0 Å². The Hall–Kier alpha value is -0.590. The van der Waals surface area contributed by atoms with Crippen LogP contribution in [0.15, 0.2) is 30.3 Å². The van der Waals surface area contributed by atoms with Gasteiger partial charge in [-0.2, -0.15) is 0 Å². The maximum Gasteiger partial charge on any atom is 0.164 e. The summed E-state index contributed by atoms with van der Waals surface area (Å²) in [5, 5.41) is 0. The molecule has 2 heterocycles. The van der Waals surface area contributed by atoms with Crippen molar-refractivity contribution >= 4 is 11.8 Å². The summed E-state index contributed by atoms with van der Waals surface area (Å²) in [5.41, 5.74) is 1.12. The molecule has 0 amide bonds. The lowest BCUT2D eigenvalue weighted by Gasteiger charge is -2.40. The van der Waals surface area contributed by atoms with E-state index < -0.39 is 5.79 Å². The molecule has 2 fully saturated rings. The first-order valence-electron chi connectivity index (χ1n) is 8.28. The molecule has 0 spiro atoms. The molecule has 0 aromatic heterocycles. The molecule has 0 aliphatic carbocycles. The van der Waals surface area contributed by atoms with Crippen LogP contribution in [0.5, 0.6) is 0 Å². The van der Waals surface area contributed by atoms with Gasteiger partial charge in [0.25, 0.3) is 0 Å². The van der Waals surface area contributed by atoms with E-state index in [1.165, 1.54) is 0 Å². The van der Waals surface area contributed by atoms with Gasteiger partial charge >= 0.3 is 0 Å². The number of rotatable bonds is 5. The van der Waals surface area contributed by atoms with Crippen LogP contribution in [-0.4, -0.2) is 41.4 Å². The molecule has 0 bridgehead atoms. The largest absolute Gasteiger partial charge is 0.367 e. The number of benzene rings is 1. The minimum absolute atomic E-state index is 0.00222. The molecule has 23 heavy (non-hydrogen) atoms. The summed E-state index contributed by atoms with van der Waals surface area (Å²) in [7, 11) is 0. The fourth-order valence-corrected chi connectivity index (χ4v) is 4.20. The lowest BCUT2D eigenvalue weighted by molar-refractivity contribution is -0.175. The van der Waals surface area contributed by atoms with E-state index in [9.17, 15) is 0 Å². The van der Waals surface area contributed by atoms with Crippen LogP contribution in [-0.2, 0) is 25.6 Å². The zero-order valence-electron chi connectivity index (χ0n) is 14.2. The zero-order chi connectivity index (χ0) is 16.4. The van der Waals surface area contributed by atoms with Crippen molar-refractivity contribution in [2.45, 2.75) is 69.9 Å². The Bertz CT molecular complexity index is 507. The van der Waals surface area contributed by atoms with Gasteiger partial charge < -0.3 is 18.9 Å². The summed E-state index contributed by atoms with van der Waals surface area (Å²) in [6.45, 7) is 8.65. The van der Waals surface area contributed by atoms with E-state index >= 15 is 0 Å². The molecule has 5 heteroatoms. The van der Waals surface area contributed by atoms with Crippen LogP contribution < -0.4 is 0 Å². The lowest BCUT2D eigenvalue weighted by Crippen LogP contribution is -2.55. The van der Waals surface area contributed by atoms with Crippen LogP contribution in [0.1, 0.15) is 33.3 Å². The summed E-state index contributed by atoms with van der Waals surface area (Å²) in [4.78, 5) is 0. The Morgan fingerprint density at radius 1 is 1.13 bits per heavy atom. The van der Waals surface area contributed by atoms with Crippen molar-refractivity contribution in [1.29, 1.82) is 0 Å². The van der Waals surface area contributed by atoms with Crippen LogP contribution in [0.25, 0.3) is 0 Å². The molecule has 1 aromatic rings. The summed E-state index contributed by atoms with van der Waals surface area (Å²) < 4.78 is 24.6. The highest BCUT2D eigenvalue weighted by Gasteiger charge is 2.54. The van der Waals surface area contributed by atoms with Gasteiger partial charge in [-0.15, -0.1) is 11.8 Å². The molecule has 0 N–H and O–H groups in total. The van der Waals surface area contributed by atoms with Crippen LogP contribution in [0.4, 0.5) is 0 Å². The molecular weight excluding hydrogens is 312 g/mol. The molecule has 2 aliphatic rings. The van der Waals surface area contributed by atoms with Crippen molar-refractivity contribution in [2.75, 3.05) is 5.75 Å². The number of hydrogen-bond donors (Lipinski definition) is 0. The third-order valence-electron chi connectivity index (χ3n) is 4.18. The predicted octanol–water partition coefficient (Wildman–Crippen LogP) is 3.59. The molecule has 2 saturated heterocycles. The highest BCUT2D eigenvalue weighted by molar-refractivity contribution is 7.99. The summed E-state index contributed by atoms with van der Waals surface area (Å²) >= 11 is 1.77. The first-order valence-corrected chi connectivity index (χ1v) is 9.33. The normalized spacial score (nSPS) is 35.9. The predicted molar refractivity (Wildman–Crippen MR) is 91.3 cm³/mol. The summed E-state index contributed by atoms with van der Waals surface area (Å²) in [6, 6.07) is 10.2. The van der Waals surface area contributed by atoms with Gasteiger partial charge in [-0.1, -0.05) is 37.3 Å². The number of thioether (sulfide) groups is 1. The second kappa shape index (κ2) is 7.11. The van der Waals surface area contributed by atoms with Crippen LogP contribution in [0.3, 0.4) is 0 Å². The summed E-state index contributed by atoms with van der Waals surface area (Å²) in [6.07, 6.45) is -0.313. The van der Waals surface area contributed by atoms with E-state index in [-0.39, 0.29) is 29.9 Å². The lowest BCUT2D eigenvalue weighted by atomic mass is 10.0. The molecule has 2 aliphatic heterocycles. The monoisotopic (exact) mass is 338 g/mol. The molecule has 0 radical (unpaired) electrons. The average Bonchev–Trinajstić information content (AvgIpc) is 2.84. The number of hydrogen-bond acceptors (Lipinski definition) is 5. The van der Waals surface area contributed by atoms with Gasteiger partial charge in [-0.05, 0) is 32.1 Å². The maximum atomic E-state index is 6.24. The van der Waals surface area contributed by atoms with Gasteiger partial charge in [0.05, 0.1) is 12.7 Å². The Morgan fingerprint density at radius 2 is 1.83 bits per heavy atom. The molecule has 3 rings (SSSR count). The van der Waals surface area contributed by atoms with E-state index in [1.807, 2.05) is 32.0 Å². The minimum atomic E-state index is -0.590. The third kappa shape index (κ3) is 3.91. The van der Waals surface area contributed by atoms with Gasteiger partial charge in [-0.25, -0.2) is 0 Å². The molecule has 5 atom stereocenters. The Kier molecular flexibility index (Phi) is 5.33. The van der Waals surface area contributed by atoms with Gasteiger partial charge in [0.1, 0.15) is 23.7 Å². The van der Waals surface area contributed by atoms with Crippen molar-refractivity contribution in [2.24, 2.45) is 0 Å². The third-order valence-corrected chi connectivity index (χ3v) is 5.22. The standard InChI is InChI=1S/C18H26O4S/c1-5-23-17-16(19-11-13-9-7-6-8-10-13)15-14(12(2)20-17)21-18(3,4)22-15/h6-10,12,14-17H,5,11H2,1-4H3/t12-,14+,15+,16-,17+/m1/s1. The molecule has 1 aromatic carbocycles.